The third kappa shape index (κ3) is 3.43. The summed E-state index contributed by atoms with van der Waals surface area (Å²) in [5, 5.41) is 8.21. The molecule has 114 valence electrons. The van der Waals surface area contributed by atoms with Crippen molar-refractivity contribution in [3.8, 4) is 0 Å². The number of nitrogens with one attached hydrogen (secondary N) is 1. The van der Waals surface area contributed by atoms with Crippen LogP contribution in [0, 0.1) is 11.3 Å². The molecule has 1 aliphatic rings. The average Bonchev–Trinajstić information content (AvgIpc) is 2.88. The number of halogens is 1. The Labute approximate surface area is 130 Å². The molecule has 4 nitrogen and oxygen atoms in total. The Balaban J connectivity index is 2.21. The molecule has 20 heavy (non-hydrogen) atoms. The van der Waals surface area contributed by atoms with Gasteiger partial charge in [-0.25, -0.2) is 0 Å². The monoisotopic (exact) mass is 343 g/mol. The van der Waals surface area contributed by atoms with E-state index in [1.54, 1.807) is 7.11 Å². The van der Waals surface area contributed by atoms with Gasteiger partial charge < -0.3 is 10.1 Å². The maximum atomic E-state index is 5.19. The third-order valence-corrected chi connectivity index (χ3v) is 4.85. The summed E-state index contributed by atoms with van der Waals surface area (Å²) in [7, 11) is 1.73. The zero-order chi connectivity index (χ0) is 14.8. The molecule has 2 unspecified atom stereocenters. The van der Waals surface area contributed by atoms with Gasteiger partial charge in [-0.05, 0) is 46.6 Å². The molecule has 1 aliphatic carbocycles. The summed E-state index contributed by atoms with van der Waals surface area (Å²) >= 11 is 3.67. The van der Waals surface area contributed by atoms with Crippen LogP contribution < -0.4 is 5.32 Å². The molecule has 1 N–H and O–H groups in total. The smallest absolute Gasteiger partial charge is 0.0699 e. The van der Waals surface area contributed by atoms with Gasteiger partial charge in [-0.2, -0.15) is 5.10 Å². The fourth-order valence-electron chi connectivity index (χ4n) is 2.84. The molecular formula is C15H26BrN3O. The fraction of sp³-hybridized carbons (Fsp3) is 0.800. The lowest BCUT2D eigenvalue weighted by molar-refractivity contribution is 0.181. The van der Waals surface area contributed by atoms with Crippen LogP contribution in [-0.2, 0) is 11.3 Å². The second-order valence-electron chi connectivity index (χ2n) is 6.32. The molecule has 0 bridgehead atoms. The molecule has 1 fully saturated rings. The van der Waals surface area contributed by atoms with Crippen molar-refractivity contribution in [3.63, 3.8) is 0 Å². The maximum absolute atomic E-state index is 5.19. The molecule has 0 amide bonds. The number of ether oxygens (including phenoxy) is 1. The van der Waals surface area contributed by atoms with Gasteiger partial charge in [0, 0.05) is 7.11 Å². The lowest BCUT2D eigenvalue weighted by Gasteiger charge is -2.22. The van der Waals surface area contributed by atoms with Crippen LogP contribution >= 0.6 is 15.9 Å². The normalized spacial score (nSPS) is 21.9. The van der Waals surface area contributed by atoms with Crippen LogP contribution in [0.5, 0.6) is 0 Å². The van der Waals surface area contributed by atoms with Gasteiger partial charge in [0.2, 0.25) is 0 Å². The van der Waals surface area contributed by atoms with Gasteiger partial charge in [0.25, 0.3) is 0 Å². The number of aromatic nitrogens is 2. The standard InChI is InChI=1S/C15H26BrN3O/c1-5-6-17-13(11-9-15(11,2)3)14-12(16)10-18-19(14)7-8-20-4/h10-11,13,17H,5-9H2,1-4H3. The first-order valence-electron chi connectivity index (χ1n) is 7.44. The van der Waals surface area contributed by atoms with Crippen molar-refractivity contribution in [1.82, 2.24) is 15.1 Å². The second kappa shape index (κ2) is 6.58. The molecule has 0 saturated heterocycles. The molecule has 0 spiro atoms. The minimum absolute atomic E-state index is 0.374. The van der Waals surface area contributed by atoms with Gasteiger partial charge in [-0.3, -0.25) is 4.68 Å². The SMILES string of the molecule is CCCNC(c1c(Br)cnn1CCOC)C1CC1(C)C. The molecule has 0 radical (unpaired) electrons. The van der Waals surface area contributed by atoms with Crippen LogP contribution in [0.15, 0.2) is 10.7 Å². The van der Waals surface area contributed by atoms with Gasteiger partial charge in [-0.1, -0.05) is 20.8 Å². The van der Waals surface area contributed by atoms with Gasteiger partial charge in [0.15, 0.2) is 0 Å². The third-order valence-electron chi connectivity index (χ3n) is 4.24. The van der Waals surface area contributed by atoms with Gasteiger partial charge in [-0.15, -0.1) is 0 Å². The van der Waals surface area contributed by atoms with E-state index in [0.29, 0.717) is 24.0 Å². The van der Waals surface area contributed by atoms with Crippen LogP contribution in [0.4, 0.5) is 0 Å². The Morgan fingerprint density at radius 2 is 2.30 bits per heavy atom. The van der Waals surface area contributed by atoms with Crippen molar-refractivity contribution >= 4 is 15.9 Å². The van der Waals surface area contributed by atoms with E-state index >= 15 is 0 Å². The summed E-state index contributed by atoms with van der Waals surface area (Å²) in [6, 6.07) is 0.374. The topological polar surface area (TPSA) is 39.1 Å². The molecule has 2 rings (SSSR count). The Bertz CT molecular complexity index is 444. The minimum Gasteiger partial charge on any atom is -0.383 e. The Hall–Kier alpha value is -0.390. The van der Waals surface area contributed by atoms with Crippen molar-refractivity contribution in [2.75, 3.05) is 20.3 Å². The molecule has 2 atom stereocenters. The van der Waals surface area contributed by atoms with Gasteiger partial charge >= 0.3 is 0 Å². The number of methoxy groups -OCH3 is 1. The average molecular weight is 344 g/mol. The van der Waals surface area contributed by atoms with Gasteiger partial charge in [0.05, 0.1) is 35.6 Å². The van der Waals surface area contributed by atoms with E-state index in [4.69, 9.17) is 4.74 Å². The molecular weight excluding hydrogens is 318 g/mol. The first-order valence-corrected chi connectivity index (χ1v) is 8.24. The summed E-state index contributed by atoms with van der Waals surface area (Å²) in [6.07, 6.45) is 4.32. The quantitative estimate of drug-likeness (QED) is 0.786. The highest BCUT2D eigenvalue weighted by Gasteiger charge is 2.51. The molecule has 1 heterocycles. The highest BCUT2D eigenvalue weighted by atomic mass is 79.9. The number of nitrogens with zero attached hydrogens (tertiary/aromatic N) is 2. The lowest BCUT2D eigenvalue weighted by Crippen LogP contribution is -2.28. The molecule has 1 saturated carbocycles. The largest absolute Gasteiger partial charge is 0.383 e. The number of rotatable bonds is 8. The first-order chi connectivity index (χ1) is 9.51. The predicted octanol–water partition coefficient (Wildman–Crippen LogP) is 3.38. The Kier molecular flexibility index (Phi) is 5.26. The zero-order valence-corrected chi connectivity index (χ0v) is 14.5. The summed E-state index contributed by atoms with van der Waals surface area (Å²) in [5.74, 6) is 0.684. The van der Waals surface area contributed by atoms with Crippen LogP contribution in [-0.4, -0.2) is 30.0 Å². The van der Waals surface area contributed by atoms with Crippen molar-refractivity contribution in [2.24, 2.45) is 11.3 Å². The first kappa shape index (κ1) is 16.0. The lowest BCUT2D eigenvalue weighted by atomic mass is 10.0. The Morgan fingerprint density at radius 1 is 1.60 bits per heavy atom. The van der Waals surface area contributed by atoms with Crippen molar-refractivity contribution in [2.45, 2.75) is 46.2 Å². The maximum Gasteiger partial charge on any atom is 0.0699 e. The molecule has 5 heteroatoms. The predicted molar refractivity (Wildman–Crippen MR) is 84.7 cm³/mol. The summed E-state index contributed by atoms with van der Waals surface area (Å²) in [4.78, 5) is 0. The highest BCUT2D eigenvalue weighted by molar-refractivity contribution is 9.10. The molecule has 1 aromatic rings. The van der Waals surface area contributed by atoms with E-state index in [1.807, 2.05) is 6.20 Å². The minimum atomic E-state index is 0.374. The number of hydrogen-bond acceptors (Lipinski definition) is 3. The van der Waals surface area contributed by atoms with Crippen LogP contribution in [0.1, 0.15) is 45.3 Å². The fourth-order valence-corrected chi connectivity index (χ4v) is 3.39. The molecule has 0 aliphatic heterocycles. The van der Waals surface area contributed by atoms with E-state index < -0.39 is 0 Å². The van der Waals surface area contributed by atoms with Crippen molar-refractivity contribution in [3.05, 3.63) is 16.4 Å². The Morgan fingerprint density at radius 3 is 2.85 bits per heavy atom. The van der Waals surface area contributed by atoms with Crippen LogP contribution in [0.25, 0.3) is 0 Å². The van der Waals surface area contributed by atoms with Crippen molar-refractivity contribution < 1.29 is 4.74 Å². The van der Waals surface area contributed by atoms with E-state index in [9.17, 15) is 0 Å². The molecule has 0 aromatic carbocycles. The zero-order valence-electron chi connectivity index (χ0n) is 12.9. The van der Waals surface area contributed by atoms with Crippen LogP contribution in [0.2, 0.25) is 0 Å². The van der Waals surface area contributed by atoms with E-state index in [1.165, 1.54) is 12.1 Å². The summed E-state index contributed by atoms with van der Waals surface area (Å²) in [6.45, 7) is 9.44. The summed E-state index contributed by atoms with van der Waals surface area (Å²) in [5.41, 5.74) is 1.70. The van der Waals surface area contributed by atoms with E-state index in [2.05, 4.69) is 51.8 Å². The highest BCUT2D eigenvalue weighted by Crippen LogP contribution is 2.58. The number of hydrogen-bond donors (Lipinski definition) is 1. The van der Waals surface area contributed by atoms with Crippen molar-refractivity contribution in [1.29, 1.82) is 0 Å². The van der Waals surface area contributed by atoms with Crippen LogP contribution in [0.3, 0.4) is 0 Å². The summed E-state index contributed by atoms with van der Waals surface area (Å²) < 4.78 is 8.37. The second-order valence-corrected chi connectivity index (χ2v) is 7.18. The van der Waals surface area contributed by atoms with E-state index in [-0.39, 0.29) is 0 Å². The molecule has 1 aromatic heterocycles. The van der Waals surface area contributed by atoms with E-state index in [0.717, 1.165) is 24.0 Å². The van der Waals surface area contributed by atoms with Gasteiger partial charge in [0.1, 0.15) is 0 Å².